The molecular weight excluding hydrogens is 304 g/mol. The Kier molecular flexibility index (Phi) is 3.93. The summed E-state index contributed by atoms with van der Waals surface area (Å²) >= 11 is 0. The summed E-state index contributed by atoms with van der Waals surface area (Å²) in [6.45, 7) is 5.07. The molecule has 0 saturated carbocycles. The summed E-state index contributed by atoms with van der Waals surface area (Å²) < 4.78 is 1.90. The molecule has 2 atom stereocenters. The summed E-state index contributed by atoms with van der Waals surface area (Å²) in [6, 6.07) is 8.62. The van der Waals surface area contributed by atoms with Crippen LogP contribution in [0.4, 0.5) is 4.79 Å². The van der Waals surface area contributed by atoms with Gasteiger partial charge in [0.05, 0.1) is 24.8 Å². The molecule has 0 aliphatic carbocycles. The van der Waals surface area contributed by atoms with Gasteiger partial charge in [-0.05, 0) is 31.0 Å². The van der Waals surface area contributed by atoms with Crippen molar-refractivity contribution in [2.24, 2.45) is 0 Å². The molecule has 4 rings (SSSR count). The zero-order valence-electron chi connectivity index (χ0n) is 13.8. The molecule has 2 N–H and O–H groups in total. The van der Waals surface area contributed by atoms with Crippen LogP contribution in [0, 0.1) is 0 Å². The Hall–Kier alpha value is -2.41. The third kappa shape index (κ3) is 2.75. The number of hydrogen-bond donors (Lipinski definition) is 2. The average Bonchev–Trinajstić information content (AvgIpc) is 3.33. The van der Waals surface area contributed by atoms with Crippen LogP contribution in [0.2, 0.25) is 0 Å². The van der Waals surface area contributed by atoms with Gasteiger partial charge < -0.3 is 15.5 Å². The molecule has 7 heteroatoms. The SMILES string of the molecule is CC1c2ccccc2CN1C(=O)NCc1cn(C2CCNC2)nn1. The molecule has 126 valence electrons. The number of nitrogens with one attached hydrogen (secondary N) is 2. The van der Waals surface area contributed by atoms with E-state index in [2.05, 4.69) is 40.0 Å². The van der Waals surface area contributed by atoms with E-state index >= 15 is 0 Å². The molecule has 1 aromatic carbocycles. The lowest BCUT2D eigenvalue weighted by atomic mass is 10.1. The molecule has 1 saturated heterocycles. The molecule has 0 radical (unpaired) electrons. The van der Waals surface area contributed by atoms with Gasteiger partial charge >= 0.3 is 6.03 Å². The topological polar surface area (TPSA) is 75.1 Å². The number of benzene rings is 1. The number of urea groups is 1. The first kappa shape index (κ1) is 15.1. The number of amides is 2. The van der Waals surface area contributed by atoms with E-state index in [9.17, 15) is 4.79 Å². The summed E-state index contributed by atoms with van der Waals surface area (Å²) in [4.78, 5) is 14.4. The molecule has 0 bridgehead atoms. The van der Waals surface area contributed by atoms with Crippen LogP contribution < -0.4 is 10.6 Å². The van der Waals surface area contributed by atoms with Gasteiger partial charge in [-0.2, -0.15) is 0 Å². The van der Waals surface area contributed by atoms with Gasteiger partial charge in [-0.1, -0.05) is 29.5 Å². The van der Waals surface area contributed by atoms with Gasteiger partial charge in [-0.3, -0.25) is 0 Å². The Morgan fingerprint density at radius 3 is 3.08 bits per heavy atom. The minimum Gasteiger partial charge on any atom is -0.332 e. The highest BCUT2D eigenvalue weighted by Crippen LogP contribution is 2.32. The highest BCUT2D eigenvalue weighted by molar-refractivity contribution is 5.75. The van der Waals surface area contributed by atoms with Crippen molar-refractivity contribution in [3.8, 4) is 0 Å². The van der Waals surface area contributed by atoms with E-state index in [0.717, 1.165) is 25.2 Å². The molecule has 3 heterocycles. The van der Waals surface area contributed by atoms with E-state index in [1.807, 2.05) is 27.9 Å². The number of carbonyl (C=O) groups excluding carboxylic acids is 1. The van der Waals surface area contributed by atoms with Crippen molar-refractivity contribution in [2.75, 3.05) is 13.1 Å². The maximum Gasteiger partial charge on any atom is 0.318 e. The minimum atomic E-state index is -0.0595. The fourth-order valence-corrected chi connectivity index (χ4v) is 3.53. The highest BCUT2D eigenvalue weighted by Gasteiger charge is 2.29. The van der Waals surface area contributed by atoms with Gasteiger partial charge in [-0.15, -0.1) is 5.10 Å². The molecule has 24 heavy (non-hydrogen) atoms. The number of rotatable bonds is 3. The second-order valence-corrected chi connectivity index (χ2v) is 6.50. The Balaban J connectivity index is 1.36. The predicted octanol–water partition coefficient (Wildman–Crippen LogP) is 1.60. The summed E-state index contributed by atoms with van der Waals surface area (Å²) in [5, 5.41) is 14.6. The Labute approximate surface area is 141 Å². The lowest BCUT2D eigenvalue weighted by Crippen LogP contribution is -2.37. The van der Waals surface area contributed by atoms with Gasteiger partial charge in [0.2, 0.25) is 0 Å². The molecule has 0 spiro atoms. The standard InChI is InChI=1S/C17H22N6O/c1-12-16-5-3-2-4-13(16)10-22(12)17(24)19-8-14-11-23(21-20-14)15-6-7-18-9-15/h2-5,11-12,15,18H,6-10H2,1H3,(H,19,24). The lowest BCUT2D eigenvalue weighted by Gasteiger charge is -2.22. The summed E-state index contributed by atoms with van der Waals surface area (Å²) in [5.41, 5.74) is 3.24. The van der Waals surface area contributed by atoms with Crippen LogP contribution >= 0.6 is 0 Å². The monoisotopic (exact) mass is 326 g/mol. The number of aromatic nitrogens is 3. The molecule has 1 aromatic heterocycles. The highest BCUT2D eigenvalue weighted by atomic mass is 16.2. The number of hydrogen-bond acceptors (Lipinski definition) is 4. The van der Waals surface area contributed by atoms with E-state index in [1.54, 1.807) is 0 Å². The van der Waals surface area contributed by atoms with E-state index in [1.165, 1.54) is 11.1 Å². The average molecular weight is 326 g/mol. The van der Waals surface area contributed by atoms with Crippen molar-refractivity contribution in [1.29, 1.82) is 0 Å². The number of nitrogens with zero attached hydrogens (tertiary/aromatic N) is 4. The first-order valence-electron chi connectivity index (χ1n) is 8.46. The van der Waals surface area contributed by atoms with Gasteiger partial charge in [0, 0.05) is 13.1 Å². The largest absolute Gasteiger partial charge is 0.332 e. The Bertz CT molecular complexity index is 736. The smallest absolute Gasteiger partial charge is 0.318 e. The zero-order valence-corrected chi connectivity index (χ0v) is 13.8. The van der Waals surface area contributed by atoms with Crippen molar-refractivity contribution >= 4 is 6.03 Å². The molecule has 2 aliphatic rings. The molecule has 1 fully saturated rings. The number of fused-ring (bicyclic) bond motifs is 1. The van der Waals surface area contributed by atoms with Gasteiger partial charge in [0.1, 0.15) is 5.69 Å². The molecule has 2 unspecified atom stereocenters. The van der Waals surface area contributed by atoms with Crippen molar-refractivity contribution in [1.82, 2.24) is 30.5 Å². The first-order valence-corrected chi connectivity index (χ1v) is 8.46. The van der Waals surface area contributed by atoms with Gasteiger partial charge in [-0.25, -0.2) is 9.48 Å². The second kappa shape index (κ2) is 6.24. The summed E-state index contributed by atoms with van der Waals surface area (Å²) in [7, 11) is 0. The third-order valence-corrected chi connectivity index (χ3v) is 4.96. The van der Waals surface area contributed by atoms with Crippen molar-refractivity contribution < 1.29 is 4.79 Å². The van der Waals surface area contributed by atoms with E-state index in [-0.39, 0.29) is 12.1 Å². The maximum absolute atomic E-state index is 12.5. The van der Waals surface area contributed by atoms with Crippen molar-refractivity contribution in [2.45, 2.75) is 38.5 Å². The van der Waals surface area contributed by atoms with Crippen molar-refractivity contribution in [3.63, 3.8) is 0 Å². The molecule has 2 aromatic rings. The van der Waals surface area contributed by atoms with Crippen LogP contribution in [0.15, 0.2) is 30.5 Å². The minimum absolute atomic E-state index is 0.0595. The van der Waals surface area contributed by atoms with E-state index < -0.39 is 0 Å². The van der Waals surface area contributed by atoms with Crippen LogP contribution in [-0.2, 0) is 13.1 Å². The zero-order chi connectivity index (χ0) is 16.5. The molecule has 2 amide bonds. The number of carbonyl (C=O) groups is 1. The predicted molar refractivity (Wildman–Crippen MR) is 89.2 cm³/mol. The fourth-order valence-electron chi connectivity index (χ4n) is 3.53. The quantitative estimate of drug-likeness (QED) is 0.898. The van der Waals surface area contributed by atoms with Gasteiger partial charge in [0.25, 0.3) is 0 Å². The lowest BCUT2D eigenvalue weighted by molar-refractivity contribution is 0.184. The van der Waals surface area contributed by atoms with E-state index in [4.69, 9.17) is 0 Å². The normalized spacial score (nSPS) is 22.6. The second-order valence-electron chi connectivity index (χ2n) is 6.50. The Morgan fingerprint density at radius 2 is 2.29 bits per heavy atom. The van der Waals surface area contributed by atoms with Gasteiger partial charge in [0.15, 0.2) is 0 Å². The van der Waals surface area contributed by atoms with Crippen LogP contribution in [0.25, 0.3) is 0 Å². The molecular formula is C17H22N6O. The maximum atomic E-state index is 12.5. The van der Waals surface area contributed by atoms with Crippen molar-refractivity contribution in [3.05, 3.63) is 47.3 Å². The fraction of sp³-hybridized carbons (Fsp3) is 0.471. The molecule has 7 nitrogen and oxygen atoms in total. The van der Waals surface area contributed by atoms with Crippen LogP contribution in [0.3, 0.4) is 0 Å². The van der Waals surface area contributed by atoms with Crippen LogP contribution in [-0.4, -0.2) is 39.0 Å². The third-order valence-electron chi connectivity index (χ3n) is 4.96. The first-order chi connectivity index (χ1) is 11.7. The van der Waals surface area contributed by atoms with Crippen LogP contribution in [0.1, 0.15) is 42.2 Å². The van der Waals surface area contributed by atoms with Crippen LogP contribution in [0.5, 0.6) is 0 Å². The summed E-state index contributed by atoms with van der Waals surface area (Å²) in [5.74, 6) is 0. The molecule has 2 aliphatic heterocycles. The van der Waals surface area contributed by atoms with E-state index in [0.29, 0.717) is 19.1 Å². The Morgan fingerprint density at radius 1 is 1.42 bits per heavy atom. The summed E-state index contributed by atoms with van der Waals surface area (Å²) in [6.07, 6.45) is 3.00.